The molecule has 1 atom stereocenters. The fourth-order valence-corrected chi connectivity index (χ4v) is 3.46. The van der Waals surface area contributed by atoms with Crippen LogP contribution >= 0.6 is 0 Å². The van der Waals surface area contributed by atoms with Crippen LogP contribution in [0.4, 0.5) is 0 Å². The molecular weight excluding hydrogens is 200 g/mol. The molecule has 0 N–H and O–H groups in total. The van der Waals surface area contributed by atoms with E-state index in [9.17, 15) is 8.42 Å². The van der Waals surface area contributed by atoms with E-state index in [1.807, 2.05) is 19.2 Å². The van der Waals surface area contributed by atoms with Crippen molar-refractivity contribution >= 4 is 9.84 Å². The third-order valence-corrected chi connectivity index (χ3v) is 4.36. The van der Waals surface area contributed by atoms with Crippen LogP contribution in [-0.2, 0) is 16.3 Å². The molecule has 14 heavy (non-hydrogen) atoms. The molecule has 1 aliphatic heterocycles. The fourth-order valence-electron chi connectivity index (χ4n) is 1.75. The second-order valence-corrected chi connectivity index (χ2v) is 5.93. The van der Waals surface area contributed by atoms with Gasteiger partial charge in [0.15, 0.2) is 9.84 Å². The maximum Gasteiger partial charge on any atom is 0.152 e. The maximum absolute atomic E-state index is 11.2. The number of hydrogen-bond acceptors (Lipinski definition) is 3. The SMILES string of the molecule is CCc1ccn(C2CCS(=O)(=O)C2)n1. The van der Waals surface area contributed by atoms with E-state index < -0.39 is 9.84 Å². The number of aromatic nitrogens is 2. The highest BCUT2D eigenvalue weighted by Crippen LogP contribution is 2.22. The molecule has 2 rings (SSSR count). The fraction of sp³-hybridized carbons (Fsp3) is 0.667. The first-order valence-electron chi connectivity index (χ1n) is 4.85. The Hall–Kier alpha value is -0.840. The monoisotopic (exact) mass is 214 g/mol. The van der Waals surface area contributed by atoms with E-state index in [2.05, 4.69) is 5.10 Å². The average Bonchev–Trinajstić information content (AvgIpc) is 2.70. The first-order chi connectivity index (χ1) is 6.61. The highest BCUT2D eigenvalue weighted by Gasteiger charge is 2.29. The highest BCUT2D eigenvalue weighted by molar-refractivity contribution is 7.91. The Morgan fingerprint density at radius 3 is 2.93 bits per heavy atom. The van der Waals surface area contributed by atoms with Crippen molar-refractivity contribution in [1.82, 2.24) is 9.78 Å². The molecule has 1 aliphatic rings. The molecule has 1 unspecified atom stereocenters. The lowest BCUT2D eigenvalue weighted by Crippen LogP contribution is -2.11. The first kappa shape index (κ1) is 9.71. The Kier molecular flexibility index (Phi) is 2.34. The van der Waals surface area contributed by atoms with Gasteiger partial charge in [-0.3, -0.25) is 4.68 Å². The lowest BCUT2D eigenvalue weighted by Gasteiger charge is -2.07. The van der Waals surface area contributed by atoms with Gasteiger partial charge < -0.3 is 0 Å². The number of nitrogens with zero attached hydrogens (tertiary/aromatic N) is 2. The van der Waals surface area contributed by atoms with Crippen molar-refractivity contribution in [2.24, 2.45) is 0 Å². The van der Waals surface area contributed by atoms with Crippen molar-refractivity contribution in [2.75, 3.05) is 11.5 Å². The summed E-state index contributed by atoms with van der Waals surface area (Å²) in [6.07, 6.45) is 3.48. The van der Waals surface area contributed by atoms with Crippen molar-refractivity contribution < 1.29 is 8.42 Å². The smallest absolute Gasteiger partial charge is 0.152 e. The molecule has 2 heterocycles. The van der Waals surface area contributed by atoms with E-state index >= 15 is 0 Å². The van der Waals surface area contributed by atoms with Crippen LogP contribution in [0.3, 0.4) is 0 Å². The van der Waals surface area contributed by atoms with Crippen LogP contribution < -0.4 is 0 Å². The Labute approximate surface area is 83.8 Å². The predicted molar refractivity (Wildman–Crippen MR) is 53.9 cm³/mol. The van der Waals surface area contributed by atoms with Crippen LogP contribution in [0.1, 0.15) is 25.1 Å². The van der Waals surface area contributed by atoms with Gasteiger partial charge in [-0.05, 0) is 18.9 Å². The largest absolute Gasteiger partial charge is 0.268 e. The Balaban J connectivity index is 2.17. The molecule has 1 aromatic rings. The van der Waals surface area contributed by atoms with E-state index in [0.29, 0.717) is 12.2 Å². The summed E-state index contributed by atoms with van der Waals surface area (Å²) in [5, 5.41) is 4.33. The van der Waals surface area contributed by atoms with E-state index in [4.69, 9.17) is 0 Å². The zero-order valence-corrected chi connectivity index (χ0v) is 9.00. The van der Waals surface area contributed by atoms with Gasteiger partial charge in [-0.1, -0.05) is 6.92 Å². The molecular formula is C9H14N2O2S. The highest BCUT2D eigenvalue weighted by atomic mass is 32.2. The predicted octanol–water partition coefficient (Wildman–Crippen LogP) is 0.805. The third kappa shape index (κ3) is 1.82. The minimum atomic E-state index is -2.80. The van der Waals surface area contributed by atoms with Crippen LogP contribution in [0, 0.1) is 0 Å². The van der Waals surface area contributed by atoms with Crippen LogP contribution in [0.5, 0.6) is 0 Å². The minimum Gasteiger partial charge on any atom is -0.268 e. The zero-order valence-electron chi connectivity index (χ0n) is 8.18. The summed E-state index contributed by atoms with van der Waals surface area (Å²) in [7, 11) is -2.80. The van der Waals surface area contributed by atoms with Gasteiger partial charge in [0.1, 0.15) is 0 Å². The maximum atomic E-state index is 11.2. The average molecular weight is 214 g/mol. The van der Waals surface area contributed by atoms with Gasteiger partial charge in [0, 0.05) is 6.20 Å². The van der Waals surface area contributed by atoms with Gasteiger partial charge in [0.25, 0.3) is 0 Å². The summed E-state index contributed by atoms with van der Waals surface area (Å²) in [4.78, 5) is 0. The molecule has 5 heteroatoms. The van der Waals surface area contributed by atoms with Gasteiger partial charge in [0.05, 0.1) is 23.2 Å². The molecule has 0 saturated carbocycles. The number of hydrogen-bond donors (Lipinski definition) is 0. The number of rotatable bonds is 2. The molecule has 0 bridgehead atoms. The number of sulfone groups is 1. The van der Waals surface area contributed by atoms with Gasteiger partial charge in [-0.2, -0.15) is 5.10 Å². The molecule has 1 saturated heterocycles. The summed E-state index contributed by atoms with van der Waals surface area (Å²) in [6, 6.07) is 2.01. The van der Waals surface area contributed by atoms with Gasteiger partial charge >= 0.3 is 0 Å². The van der Waals surface area contributed by atoms with Crippen molar-refractivity contribution in [2.45, 2.75) is 25.8 Å². The number of aryl methyl sites for hydroxylation is 1. The Morgan fingerprint density at radius 2 is 2.43 bits per heavy atom. The van der Waals surface area contributed by atoms with E-state index in [0.717, 1.165) is 12.1 Å². The quantitative estimate of drug-likeness (QED) is 0.732. The summed E-state index contributed by atoms with van der Waals surface area (Å²) < 4.78 is 24.3. The summed E-state index contributed by atoms with van der Waals surface area (Å²) in [5.74, 6) is 0.552. The van der Waals surface area contributed by atoms with Crippen molar-refractivity contribution in [3.05, 3.63) is 18.0 Å². The lowest BCUT2D eigenvalue weighted by molar-refractivity contribution is 0.495. The molecule has 0 amide bonds. The Bertz CT molecular complexity index is 422. The van der Waals surface area contributed by atoms with Gasteiger partial charge in [-0.25, -0.2) is 8.42 Å². The van der Waals surface area contributed by atoms with Crippen LogP contribution in [0.25, 0.3) is 0 Å². The minimum absolute atomic E-state index is 0.0558. The van der Waals surface area contributed by atoms with Crippen molar-refractivity contribution in [3.8, 4) is 0 Å². The third-order valence-electron chi connectivity index (χ3n) is 2.61. The topological polar surface area (TPSA) is 52.0 Å². The summed E-state index contributed by atoms with van der Waals surface area (Å²) in [6.45, 7) is 2.04. The summed E-state index contributed by atoms with van der Waals surface area (Å²) >= 11 is 0. The molecule has 0 aliphatic carbocycles. The van der Waals surface area contributed by atoms with E-state index in [1.165, 1.54) is 0 Å². The van der Waals surface area contributed by atoms with Gasteiger partial charge in [-0.15, -0.1) is 0 Å². The van der Waals surface area contributed by atoms with Crippen molar-refractivity contribution in [3.63, 3.8) is 0 Å². The Morgan fingerprint density at radius 1 is 1.64 bits per heavy atom. The normalized spacial score (nSPS) is 25.4. The van der Waals surface area contributed by atoms with Crippen LogP contribution in [0.2, 0.25) is 0 Å². The van der Waals surface area contributed by atoms with Gasteiger partial charge in [0.2, 0.25) is 0 Å². The molecule has 4 nitrogen and oxygen atoms in total. The molecule has 0 radical (unpaired) electrons. The standard InChI is InChI=1S/C9H14N2O2S/c1-2-8-3-5-11(10-8)9-4-6-14(12,13)7-9/h3,5,9H,2,4,6-7H2,1H3. The summed E-state index contributed by atoms with van der Waals surface area (Å²) in [5.41, 5.74) is 1.02. The van der Waals surface area contributed by atoms with Crippen LogP contribution in [0.15, 0.2) is 12.3 Å². The lowest BCUT2D eigenvalue weighted by atomic mass is 10.3. The van der Waals surface area contributed by atoms with Crippen molar-refractivity contribution in [1.29, 1.82) is 0 Å². The molecule has 0 aromatic carbocycles. The van der Waals surface area contributed by atoms with Crippen LogP contribution in [-0.4, -0.2) is 29.7 Å². The second kappa shape index (κ2) is 3.38. The first-order valence-corrected chi connectivity index (χ1v) is 6.67. The zero-order chi connectivity index (χ0) is 10.2. The van der Waals surface area contributed by atoms with E-state index in [1.54, 1.807) is 4.68 Å². The molecule has 1 fully saturated rings. The second-order valence-electron chi connectivity index (χ2n) is 3.70. The molecule has 1 aromatic heterocycles. The van der Waals surface area contributed by atoms with E-state index in [-0.39, 0.29) is 11.8 Å². The molecule has 78 valence electrons. The molecule has 0 spiro atoms.